The second-order valence-electron chi connectivity index (χ2n) is 5.48. The van der Waals surface area contributed by atoms with Crippen molar-refractivity contribution >= 4 is 21.8 Å². The molecule has 23 heavy (non-hydrogen) atoms. The molecule has 0 aliphatic heterocycles. The Morgan fingerprint density at radius 2 is 1.91 bits per heavy atom. The highest BCUT2D eigenvalue weighted by Crippen LogP contribution is 2.22. The fraction of sp³-hybridized carbons (Fsp3) is 0.316. The maximum atomic E-state index is 12.1. The summed E-state index contributed by atoms with van der Waals surface area (Å²) < 4.78 is 1.09. The van der Waals surface area contributed by atoms with Crippen molar-refractivity contribution in [1.29, 1.82) is 0 Å². The van der Waals surface area contributed by atoms with Crippen LogP contribution in [0.15, 0.2) is 59.1 Å². The Morgan fingerprint density at radius 3 is 2.57 bits per heavy atom. The predicted octanol–water partition coefficient (Wildman–Crippen LogP) is 4.26. The molecule has 0 bridgehead atoms. The highest BCUT2D eigenvalue weighted by atomic mass is 79.9. The highest BCUT2D eigenvalue weighted by Gasteiger charge is 2.14. The smallest absolute Gasteiger partial charge is 0.251 e. The van der Waals surface area contributed by atoms with E-state index in [0.29, 0.717) is 18.2 Å². The largest absolute Gasteiger partial charge is 0.351 e. The Hall–Kier alpha value is -1.65. The van der Waals surface area contributed by atoms with E-state index in [-0.39, 0.29) is 5.91 Å². The van der Waals surface area contributed by atoms with Crippen molar-refractivity contribution in [2.24, 2.45) is 0 Å². The third-order valence-electron chi connectivity index (χ3n) is 4.01. The molecule has 0 fully saturated rings. The molecule has 1 unspecified atom stereocenters. The van der Waals surface area contributed by atoms with E-state index in [1.807, 2.05) is 36.4 Å². The summed E-state index contributed by atoms with van der Waals surface area (Å²) in [6.07, 6.45) is 0. The van der Waals surface area contributed by atoms with Gasteiger partial charge in [-0.1, -0.05) is 53.2 Å². The summed E-state index contributed by atoms with van der Waals surface area (Å²) in [6, 6.07) is 18.0. The third-order valence-corrected chi connectivity index (χ3v) is 4.50. The number of carbonyl (C=O) groups is 1. The summed E-state index contributed by atoms with van der Waals surface area (Å²) >= 11 is 3.52. The summed E-state index contributed by atoms with van der Waals surface area (Å²) in [6.45, 7) is 6.75. The molecule has 0 spiro atoms. The summed E-state index contributed by atoms with van der Waals surface area (Å²) in [7, 11) is 0. The molecule has 0 aliphatic carbocycles. The molecule has 1 atom stereocenters. The van der Waals surface area contributed by atoms with E-state index in [4.69, 9.17) is 0 Å². The minimum absolute atomic E-state index is 0.0169. The van der Waals surface area contributed by atoms with E-state index in [0.717, 1.165) is 17.6 Å². The van der Waals surface area contributed by atoms with Crippen LogP contribution < -0.4 is 5.32 Å². The molecule has 1 N–H and O–H groups in total. The Morgan fingerprint density at radius 1 is 1.17 bits per heavy atom. The third kappa shape index (κ3) is 5.19. The number of halogens is 1. The second-order valence-corrected chi connectivity index (χ2v) is 6.40. The van der Waals surface area contributed by atoms with Crippen LogP contribution in [0, 0.1) is 0 Å². The standard InChI is InChI=1S/C19H23BrN2O/c1-3-22(15(2)17-10-7-11-18(20)14-17)13-12-21-19(23)16-8-5-4-6-9-16/h4-11,14-15H,3,12-13H2,1-2H3,(H,21,23). The SMILES string of the molecule is CCN(CCNC(=O)c1ccccc1)C(C)c1cccc(Br)c1. The van der Waals surface area contributed by atoms with E-state index >= 15 is 0 Å². The van der Waals surface area contributed by atoms with Gasteiger partial charge in [0.2, 0.25) is 0 Å². The number of hydrogen-bond donors (Lipinski definition) is 1. The van der Waals surface area contributed by atoms with E-state index in [1.54, 1.807) is 0 Å². The quantitative estimate of drug-likeness (QED) is 0.784. The number of hydrogen-bond acceptors (Lipinski definition) is 2. The molecule has 0 saturated heterocycles. The van der Waals surface area contributed by atoms with Gasteiger partial charge in [0.15, 0.2) is 0 Å². The van der Waals surface area contributed by atoms with Gasteiger partial charge in [0.1, 0.15) is 0 Å². The Labute approximate surface area is 146 Å². The van der Waals surface area contributed by atoms with Gasteiger partial charge < -0.3 is 5.32 Å². The zero-order chi connectivity index (χ0) is 16.7. The molecule has 0 radical (unpaired) electrons. The summed E-state index contributed by atoms with van der Waals surface area (Å²) in [5.74, 6) is -0.0169. The van der Waals surface area contributed by atoms with E-state index < -0.39 is 0 Å². The van der Waals surface area contributed by atoms with Crippen LogP contribution in [0.2, 0.25) is 0 Å². The van der Waals surface area contributed by atoms with E-state index in [2.05, 4.69) is 58.2 Å². The zero-order valence-electron chi connectivity index (χ0n) is 13.6. The predicted molar refractivity (Wildman–Crippen MR) is 98.6 cm³/mol. The first-order chi connectivity index (χ1) is 11.1. The Kier molecular flexibility index (Phi) is 6.81. The molecule has 2 aromatic rings. The molecule has 0 aliphatic rings. The molecule has 1 amide bonds. The first-order valence-corrected chi connectivity index (χ1v) is 8.74. The van der Waals surface area contributed by atoms with Gasteiger partial charge in [0.25, 0.3) is 5.91 Å². The molecule has 0 heterocycles. The van der Waals surface area contributed by atoms with Gasteiger partial charge in [-0.25, -0.2) is 0 Å². The molecule has 2 aromatic carbocycles. The molecular weight excluding hydrogens is 352 g/mol. The Bertz CT molecular complexity index is 630. The van der Waals surface area contributed by atoms with Crippen molar-refractivity contribution in [2.75, 3.05) is 19.6 Å². The van der Waals surface area contributed by atoms with Crippen molar-refractivity contribution < 1.29 is 4.79 Å². The molecule has 0 saturated carbocycles. The maximum Gasteiger partial charge on any atom is 0.251 e. The number of benzene rings is 2. The van der Waals surface area contributed by atoms with Crippen molar-refractivity contribution in [2.45, 2.75) is 19.9 Å². The van der Waals surface area contributed by atoms with Gasteiger partial charge in [0.05, 0.1) is 0 Å². The fourth-order valence-corrected chi connectivity index (χ4v) is 3.02. The average Bonchev–Trinajstić information content (AvgIpc) is 2.59. The molecule has 0 aromatic heterocycles. The van der Waals surface area contributed by atoms with Crippen molar-refractivity contribution in [3.05, 3.63) is 70.2 Å². The summed E-state index contributed by atoms with van der Waals surface area (Å²) in [5, 5.41) is 2.99. The average molecular weight is 375 g/mol. The lowest BCUT2D eigenvalue weighted by atomic mass is 10.1. The van der Waals surface area contributed by atoms with E-state index in [1.165, 1.54) is 5.56 Å². The first-order valence-electron chi connectivity index (χ1n) is 7.94. The van der Waals surface area contributed by atoms with Crippen LogP contribution in [0.3, 0.4) is 0 Å². The van der Waals surface area contributed by atoms with Crippen LogP contribution in [0.4, 0.5) is 0 Å². The number of nitrogens with one attached hydrogen (secondary N) is 1. The topological polar surface area (TPSA) is 32.3 Å². The maximum absolute atomic E-state index is 12.1. The van der Waals surface area contributed by atoms with Gasteiger partial charge in [-0.3, -0.25) is 9.69 Å². The highest BCUT2D eigenvalue weighted by molar-refractivity contribution is 9.10. The van der Waals surface area contributed by atoms with Crippen LogP contribution in [-0.4, -0.2) is 30.4 Å². The fourth-order valence-electron chi connectivity index (χ4n) is 2.61. The van der Waals surface area contributed by atoms with Gasteiger partial charge in [-0.05, 0) is 43.3 Å². The van der Waals surface area contributed by atoms with Crippen LogP contribution in [0.1, 0.15) is 35.8 Å². The lowest BCUT2D eigenvalue weighted by Gasteiger charge is -2.28. The first kappa shape index (κ1) is 17.7. The Balaban J connectivity index is 1.88. The van der Waals surface area contributed by atoms with Gasteiger partial charge >= 0.3 is 0 Å². The van der Waals surface area contributed by atoms with Crippen molar-refractivity contribution in [3.8, 4) is 0 Å². The van der Waals surface area contributed by atoms with Crippen LogP contribution in [-0.2, 0) is 0 Å². The second kappa shape index (κ2) is 8.85. The van der Waals surface area contributed by atoms with E-state index in [9.17, 15) is 4.79 Å². The lowest BCUT2D eigenvalue weighted by Crippen LogP contribution is -2.36. The molecule has 122 valence electrons. The normalized spacial score (nSPS) is 12.2. The summed E-state index contributed by atoms with van der Waals surface area (Å²) in [5.41, 5.74) is 1.98. The van der Waals surface area contributed by atoms with Crippen LogP contribution in [0.25, 0.3) is 0 Å². The van der Waals surface area contributed by atoms with Crippen molar-refractivity contribution in [3.63, 3.8) is 0 Å². The molecule has 2 rings (SSSR count). The van der Waals surface area contributed by atoms with Gasteiger partial charge in [-0.15, -0.1) is 0 Å². The number of nitrogens with zero attached hydrogens (tertiary/aromatic N) is 1. The van der Waals surface area contributed by atoms with Gasteiger partial charge in [-0.2, -0.15) is 0 Å². The number of amides is 1. The molecule has 3 nitrogen and oxygen atoms in total. The lowest BCUT2D eigenvalue weighted by molar-refractivity contribution is 0.0945. The molecule has 4 heteroatoms. The van der Waals surface area contributed by atoms with Crippen LogP contribution in [0.5, 0.6) is 0 Å². The van der Waals surface area contributed by atoms with Gasteiger partial charge in [0, 0.05) is 29.2 Å². The van der Waals surface area contributed by atoms with Crippen molar-refractivity contribution in [1.82, 2.24) is 10.2 Å². The monoisotopic (exact) mass is 374 g/mol. The zero-order valence-corrected chi connectivity index (χ0v) is 15.2. The summed E-state index contributed by atoms with van der Waals surface area (Å²) in [4.78, 5) is 14.4. The number of likely N-dealkylation sites (N-methyl/N-ethyl adjacent to an activating group) is 1. The van der Waals surface area contributed by atoms with Crippen LogP contribution >= 0.6 is 15.9 Å². The number of rotatable bonds is 7. The number of carbonyl (C=O) groups excluding carboxylic acids is 1. The minimum atomic E-state index is -0.0169. The molecular formula is C19H23BrN2O. The minimum Gasteiger partial charge on any atom is -0.351 e.